The number of halogens is 1. The van der Waals surface area contributed by atoms with Gasteiger partial charge in [-0.3, -0.25) is 0 Å². The van der Waals surface area contributed by atoms with Gasteiger partial charge in [-0.1, -0.05) is 0 Å². The molecule has 0 bridgehead atoms. The Bertz CT molecular complexity index is 512. The third kappa shape index (κ3) is 4.16. The summed E-state index contributed by atoms with van der Waals surface area (Å²) in [6.45, 7) is 7.41. The Kier molecular flexibility index (Phi) is 5.53. The molecule has 1 saturated heterocycles. The highest BCUT2D eigenvalue weighted by Gasteiger charge is 2.20. The van der Waals surface area contributed by atoms with Crippen molar-refractivity contribution in [1.82, 2.24) is 15.0 Å². The Hall–Kier alpha value is -1.65. The number of aromatic nitrogens is 3. The number of hydrogen-bond acceptors (Lipinski definition) is 7. The lowest BCUT2D eigenvalue weighted by atomic mass is 10.3. The highest BCUT2D eigenvalue weighted by atomic mass is 35.5. The lowest BCUT2D eigenvalue weighted by Crippen LogP contribution is -2.38. The van der Waals surface area contributed by atoms with Crippen molar-refractivity contribution in [2.75, 3.05) is 42.6 Å². The van der Waals surface area contributed by atoms with Gasteiger partial charge in [0.05, 0.1) is 25.7 Å². The highest BCUT2D eigenvalue weighted by Crippen LogP contribution is 2.19. The summed E-state index contributed by atoms with van der Waals surface area (Å²) < 4.78 is 5.33. The monoisotopic (exact) mass is 310 g/mol. The molecule has 8 heteroatoms. The third-order valence-electron chi connectivity index (χ3n) is 3.22. The smallest absolute Gasteiger partial charge is 0.231 e. The van der Waals surface area contributed by atoms with Crippen LogP contribution in [-0.4, -0.2) is 53.8 Å². The van der Waals surface area contributed by atoms with Crippen LogP contribution in [-0.2, 0) is 4.74 Å². The first-order chi connectivity index (χ1) is 10.1. The normalized spacial score (nSPS) is 15.1. The molecule has 0 atom stereocenters. The molecule has 1 aliphatic heterocycles. The molecule has 0 amide bonds. The van der Waals surface area contributed by atoms with Crippen molar-refractivity contribution in [3.63, 3.8) is 0 Å². The molecular weight excluding hydrogens is 292 g/mol. The third-order valence-corrected chi connectivity index (χ3v) is 3.39. The summed E-state index contributed by atoms with van der Waals surface area (Å²) in [5.41, 5.74) is 0. The lowest BCUT2D eigenvalue weighted by Gasteiger charge is -2.29. The molecule has 0 aromatic carbocycles. The van der Waals surface area contributed by atoms with Crippen molar-refractivity contribution in [2.24, 2.45) is 0 Å². The van der Waals surface area contributed by atoms with E-state index in [1.165, 1.54) is 0 Å². The second kappa shape index (κ2) is 7.38. The van der Waals surface area contributed by atoms with E-state index in [0.717, 1.165) is 13.1 Å². The second-order valence-corrected chi connectivity index (χ2v) is 5.34. The molecule has 21 heavy (non-hydrogen) atoms. The van der Waals surface area contributed by atoms with Crippen LogP contribution in [0.25, 0.3) is 0 Å². The summed E-state index contributed by atoms with van der Waals surface area (Å²) in [6, 6.07) is 2.32. The molecular formula is C13H19ClN6O. The van der Waals surface area contributed by atoms with Crippen molar-refractivity contribution < 1.29 is 4.74 Å². The maximum Gasteiger partial charge on any atom is 0.231 e. The Morgan fingerprint density at radius 3 is 2.67 bits per heavy atom. The first kappa shape index (κ1) is 15.7. The van der Waals surface area contributed by atoms with Crippen LogP contribution in [0.2, 0.25) is 5.28 Å². The SMILES string of the molecule is CC(C)N(CCC#N)c1nc(Cl)nc(N2CCOCC2)n1. The number of ether oxygens (including phenoxy) is 1. The maximum atomic E-state index is 8.78. The van der Waals surface area contributed by atoms with Gasteiger partial charge in [0.2, 0.25) is 17.2 Å². The van der Waals surface area contributed by atoms with Crippen LogP contribution in [0.15, 0.2) is 0 Å². The molecule has 0 unspecified atom stereocenters. The van der Waals surface area contributed by atoms with E-state index in [1.807, 2.05) is 23.6 Å². The number of nitrogens with zero attached hydrogens (tertiary/aromatic N) is 6. The predicted molar refractivity (Wildman–Crippen MR) is 80.6 cm³/mol. The van der Waals surface area contributed by atoms with Crippen LogP contribution >= 0.6 is 11.6 Å². The van der Waals surface area contributed by atoms with Gasteiger partial charge >= 0.3 is 0 Å². The average Bonchev–Trinajstić information content (AvgIpc) is 2.48. The minimum Gasteiger partial charge on any atom is -0.378 e. The van der Waals surface area contributed by atoms with Gasteiger partial charge in [0.1, 0.15) is 0 Å². The molecule has 0 radical (unpaired) electrons. The van der Waals surface area contributed by atoms with Crippen LogP contribution in [0, 0.1) is 11.3 Å². The van der Waals surface area contributed by atoms with E-state index in [4.69, 9.17) is 21.6 Å². The van der Waals surface area contributed by atoms with Gasteiger partial charge in [-0.2, -0.15) is 20.2 Å². The Morgan fingerprint density at radius 2 is 2.05 bits per heavy atom. The first-order valence-corrected chi connectivity index (χ1v) is 7.37. The van der Waals surface area contributed by atoms with E-state index in [-0.39, 0.29) is 11.3 Å². The second-order valence-electron chi connectivity index (χ2n) is 5.00. The van der Waals surface area contributed by atoms with Gasteiger partial charge in [-0.15, -0.1) is 0 Å². The summed E-state index contributed by atoms with van der Waals surface area (Å²) in [7, 11) is 0. The zero-order valence-electron chi connectivity index (χ0n) is 12.3. The molecule has 0 saturated carbocycles. The van der Waals surface area contributed by atoms with Crippen LogP contribution in [0.3, 0.4) is 0 Å². The van der Waals surface area contributed by atoms with Crippen molar-refractivity contribution in [3.8, 4) is 6.07 Å². The number of rotatable bonds is 5. The topological polar surface area (TPSA) is 78.2 Å². The average molecular weight is 311 g/mol. The molecule has 1 aromatic rings. The molecule has 1 fully saturated rings. The fourth-order valence-corrected chi connectivity index (χ4v) is 2.27. The molecule has 1 aromatic heterocycles. The number of nitriles is 1. The Balaban J connectivity index is 2.25. The van der Waals surface area contributed by atoms with E-state index >= 15 is 0 Å². The van der Waals surface area contributed by atoms with Crippen LogP contribution in [0.4, 0.5) is 11.9 Å². The predicted octanol–water partition coefficient (Wildman–Crippen LogP) is 1.49. The van der Waals surface area contributed by atoms with E-state index in [1.54, 1.807) is 0 Å². The van der Waals surface area contributed by atoms with Crippen molar-refractivity contribution in [2.45, 2.75) is 26.3 Å². The molecule has 0 aliphatic carbocycles. The van der Waals surface area contributed by atoms with Crippen LogP contribution in [0.5, 0.6) is 0 Å². The summed E-state index contributed by atoms with van der Waals surface area (Å²) in [6.07, 6.45) is 0.411. The van der Waals surface area contributed by atoms with Gasteiger partial charge in [-0.05, 0) is 25.4 Å². The molecule has 114 valence electrons. The van der Waals surface area contributed by atoms with Gasteiger partial charge in [-0.25, -0.2) is 0 Å². The zero-order chi connectivity index (χ0) is 15.2. The van der Waals surface area contributed by atoms with Crippen LogP contribution < -0.4 is 9.80 Å². The Morgan fingerprint density at radius 1 is 1.33 bits per heavy atom. The molecule has 2 rings (SSSR count). The Labute approximate surface area is 129 Å². The summed E-state index contributed by atoms with van der Waals surface area (Å²) in [5.74, 6) is 1.08. The largest absolute Gasteiger partial charge is 0.378 e. The fraction of sp³-hybridized carbons (Fsp3) is 0.692. The highest BCUT2D eigenvalue weighted by molar-refractivity contribution is 6.28. The summed E-state index contributed by atoms with van der Waals surface area (Å²) in [5, 5.41) is 8.95. The molecule has 0 N–H and O–H groups in total. The van der Waals surface area contributed by atoms with Gasteiger partial charge < -0.3 is 14.5 Å². The summed E-state index contributed by atoms with van der Waals surface area (Å²) >= 11 is 6.04. The van der Waals surface area contributed by atoms with Gasteiger partial charge in [0.15, 0.2) is 0 Å². The van der Waals surface area contributed by atoms with Gasteiger partial charge in [0, 0.05) is 25.7 Å². The zero-order valence-corrected chi connectivity index (χ0v) is 13.0. The van der Waals surface area contributed by atoms with Crippen molar-refractivity contribution >= 4 is 23.5 Å². The molecule has 0 spiro atoms. The van der Waals surface area contributed by atoms with Crippen molar-refractivity contribution in [1.29, 1.82) is 5.26 Å². The number of anilines is 2. The van der Waals surface area contributed by atoms with E-state index in [0.29, 0.717) is 38.1 Å². The maximum absolute atomic E-state index is 8.78. The van der Waals surface area contributed by atoms with Gasteiger partial charge in [0.25, 0.3) is 0 Å². The summed E-state index contributed by atoms with van der Waals surface area (Å²) in [4.78, 5) is 16.9. The lowest BCUT2D eigenvalue weighted by molar-refractivity contribution is 0.122. The van der Waals surface area contributed by atoms with E-state index in [9.17, 15) is 0 Å². The fourth-order valence-electron chi connectivity index (χ4n) is 2.12. The first-order valence-electron chi connectivity index (χ1n) is 6.99. The molecule has 7 nitrogen and oxygen atoms in total. The standard InChI is InChI=1S/C13H19ClN6O/c1-10(2)20(5-3-4-15)13-17-11(14)16-12(18-13)19-6-8-21-9-7-19/h10H,3,5-9H2,1-2H3. The minimum absolute atomic E-state index is 0.170. The van der Waals surface area contributed by atoms with E-state index in [2.05, 4.69) is 21.0 Å². The van der Waals surface area contributed by atoms with Crippen LogP contribution in [0.1, 0.15) is 20.3 Å². The minimum atomic E-state index is 0.170. The quantitative estimate of drug-likeness (QED) is 0.815. The molecule has 1 aliphatic rings. The number of hydrogen-bond donors (Lipinski definition) is 0. The van der Waals surface area contributed by atoms with E-state index < -0.39 is 0 Å². The number of morpholine rings is 1. The van der Waals surface area contributed by atoms with Crippen molar-refractivity contribution in [3.05, 3.63) is 5.28 Å². The molecule has 2 heterocycles.